The molecule has 4 heterocycles. The molecule has 1 unspecified atom stereocenters. The Balaban J connectivity index is 1.95. The lowest BCUT2D eigenvalue weighted by Gasteiger charge is -2.50. The van der Waals surface area contributed by atoms with Gasteiger partial charge in [-0.05, 0) is 50.9 Å². The van der Waals surface area contributed by atoms with E-state index in [1.54, 1.807) is 0 Å². The first kappa shape index (κ1) is 9.46. The van der Waals surface area contributed by atoms with Crippen molar-refractivity contribution >= 4 is 0 Å². The third kappa shape index (κ3) is 1.35. The molecule has 3 aliphatic rings. The van der Waals surface area contributed by atoms with Gasteiger partial charge < -0.3 is 4.57 Å². The summed E-state index contributed by atoms with van der Waals surface area (Å²) >= 11 is 0. The van der Waals surface area contributed by atoms with Crippen molar-refractivity contribution in [2.24, 2.45) is 13.0 Å². The second kappa shape index (κ2) is 3.38. The molecule has 2 bridgehead atoms. The summed E-state index contributed by atoms with van der Waals surface area (Å²) in [5, 5.41) is 0. The zero-order valence-corrected chi connectivity index (χ0v) is 9.69. The van der Waals surface area contributed by atoms with Crippen LogP contribution in [0.25, 0.3) is 0 Å². The lowest BCUT2D eigenvalue weighted by Crippen LogP contribution is -2.52. The van der Waals surface area contributed by atoms with Gasteiger partial charge in [0.1, 0.15) is 0 Å². The van der Waals surface area contributed by atoms with Gasteiger partial charge >= 0.3 is 0 Å². The van der Waals surface area contributed by atoms with Gasteiger partial charge in [-0.15, -0.1) is 0 Å². The molecule has 1 aromatic rings. The largest absolute Gasteiger partial charge is 0.354 e. The molecule has 0 saturated carbocycles. The van der Waals surface area contributed by atoms with E-state index in [4.69, 9.17) is 0 Å². The molecule has 3 fully saturated rings. The molecule has 1 aromatic heterocycles. The molecule has 2 heteroatoms. The van der Waals surface area contributed by atoms with E-state index in [0.29, 0.717) is 0 Å². The van der Waals surface area contributed by atoms with Gasteiger partial charge in [0, 0.05) is 30.9 Å². The summed E-state index contributed by atoms with van der Waals surface area (Å²) in [4.78, 5) is 2.66. The minimum absolute atomic E-state index is 0.742. The van der Waals surface area contributed by atoms with Gasteiger partial charge in [-0.25, -0.2) is 0 Å². The lowest BCUT2D eigenvalue weighted by atomic mass is 9.73. The second-order valence-corrected chi connectivity index (χ2v) is 5.18. The Morgan fingerprint density at radius 3 is 2.53 bits per heavy atom. The molecule has 3 saturated heterocycles. The normalized spacial score (nSPS) is 39.6. The molecule has 82 valence electrons. The lowest BCUT2D eigenvalue weighted by molar-refractivity contribution is 0.0324. The molecule has 2 atom stereocenters. The SMILES string of the molecule is C[C@@H]1C(c2cccn2C)C2CCN1CC2. The average molecular weight is 204 g/mol. The number of fused-ring (bicyclic) bond motifs is 3. The van der Waals surface area contributed by atoms with Crippen molar-refractivity contribution in [3.8, 4) is 0 Å². The van der Waals surface area contributed by atoms with E-state index in [-0.39, 0.29) is 0 Å². The van der Waals surface area contributed by atoms with Crippen molar-refractivity contribution in [2.75, 3.05) is 13.1 Å². The monoisotopic (exact) mass is 204 g/mol. The van der Waals surface area contributed by atoms with E-state index in [1.807, 2.05) is 0 Å². The fraction of sp³-hybridized carbons (Fsp3) is 0.692. The van der Waals surface area contributed by atoms with Gasteiger partial charge in [0.05, 0.1) is 0 Å². The van der Waals surface area contributed by atoms with Crippen LogP contribution in [0.1, 0.15) is 31.4 Å². The molecule has 2 nitrogen and oxygen atoms in total. The van der Waals surface area contributed by atoms with Gasteiger partial charge in [-0.2, -0.15) is 0 Å². The highest BCUT2D eigenvalue weighted by Gasteiger charge is 2.41. The second-order valence-electron chi connectivity index (χ2n) is 5.18. The summed E-state index contributed by atoms with van der Waals surface area (Å²) in [6.45, 7) is 5.06. The first-order chi connectivity index (χ1) is 7.27. The highest BCUT2D eigenvalue weighted by molar-refractivity contribution is 5.18. The van der Waals surface area contributed by atoms with Crippen LogP contribution in [0.15, 0.2) is 18.3 Å². The van der Waals surface area contributed by atoms with Crippen LogP contribution in [-0.2, 0) is 7.05 Å². The third-order valence-electron chi connectivity index (χ3n) is 4.50. The molecule has 0 aliphatic carbocycles. The molecule has 0 aromatic carbocycles. The summed E-state index contributed by atoms with van der Waals surface area (Å²) in [7, 11) is 2.18. The quantitative estimate of drug-likeness (QED) is 0.681. The maximum Gasteiger partial charge on any atom is 0.0221 e. The van der Waals surface area contributed by atoms with Crippen LogP contribution in [-0.4, -0.2) is 28.6 Å². The number of rotatable bonds is 1. The van der Waals surface area contributed by atoms with Crippen LogP contribution in [0.3, 0.4) is 0 Å². The van der Waals surface area contributed by atoms with Crippen LogP contribution in [0.2, 0.25) is 0 Å². The Bertz CT molecular complexity index is 345. The van der Waals surface area contributed by atoms with Crippen LogP contribution >= 0.6 is 0 Å². The summed E-state index contributed by atoms with van der Waals surface area (Å²) in [6, 6.07) is 5.23. The van der Waals surface area contributed by atoms with Crippen LogP contribution < -0.4 is 0 Å². The summed E-state index contributed by atoms with van der Waals surface area (Å²) in [5.74, 6) is 1.70. The first-order valence-electron chi connectivity index (χ1n) is 6.12. The minimum Gasteiger partial charge on any atom is -0.354 e. The summed E-state index contributed by atoms with van der Waals surface area (Å²) in [5.41, 5.74) is 1.54. The fourth-order valence-corrected chi connectivity index (χ4v) is 3.62. The molecule has 15 heavy (non-hydrogen) atoms. The summed E-state index contributed by atoms with van der Waals surface area (Å²) in [6.07, 6.45) is 4.99. The molecule has 4 rings (SSSR count). The van der Waals surface area contributed by atoms with Gasteiger partial charge in [0.25, 0.3) is 0 Å². The topological polar surface area (TPSA) is 8.17 Å². The molecule has 0 amide bonds. The number of hydrogen-bond donors (Lipinski definition) is 0. The molecular weight excluding hydrogens is 184 g/mol. The number of aryl methyl sites for hydroxylation is 1. The zero-order valence-electron chi connectivity index (χ0n) is 9.69. The van der Waals surface area contributed by atoms with Crippen molar-refractivity contribution in [3.05, 3.63) is 24.0 Å². The van der Waals surface area contributed by atoms with Crippen molar-refractivity contribution in [1.82, 2.24) is 9.47 Å². The Morgan fingerprint density at radius 1 is 1.27 bits per heavy atom. The molecule has 0 spiro atoms. The van der Waals surface area contributed by atoms with Gasteiger partial charge in [-0.1, -0.05) is 0 Å². The maximum absolute atomic E-state index is 2.66. The number of piperidine rings is 3. The standard InChI is InChI=1S/C13H20N2/c1-10-13(12-4-3-7-14(12)2)11-5-8-15(10)9-6-11/h3-4,7,10-11,13H,5-6,8-9H2,1-2H3/t10-,13?/m1/s1. The Kier molecular flexibility index (Phi) is 2.13. The van der Waals surface area contributed by atoms with Gasteiger partial charge in [0.15, 0.2) is 0 Å². The number of nitrogens with zero attached hydrogens (tertiary/aromatic N) is 2. The van der Waals surface area contributed by atoms with Gasteiger partial charge in [0.2, 0.25) is 0 Å². The number of hydrogen-bond acceptors (Lipinski definition) is 1. The zero-order chi connectivity index (χ0) is 10.4. The Labute approximate surface area is 91.9 Å². The van der Waals surface area contributed by atoms with Crippen molar-refractivity contribution < 1.29 is 0 Å². The predicted molar refractivity (Wildman–Crippen MR) is 61.9 cm³/mol. The molecule has 0 radical (unpaired) electrons. The van der Waals surface area contributed by atoms with Crippen molar-refractivity contribution in [3.63, 3.8) is 0 Å². The van der Waals surface area contributed by atoms with E-state index >= 15 is 0 Å². The average Bonchev–Trinajstić information content (AvgIpc) is 2.66. The molecule has 3 aliphatic heterocycles. The van der Waals surface area contributed by atoms with Crippen molar-refractivity contribution in [2.45, 2.75) is 31.7 Å². The summed E-state index contributed by atoms with van der Waals surface area (Å²) < 4.78 is 2.31. The molecular formula is C13H20N2. The first-order valence-corrected chi connectivity index (χ1v) is 6.12. The van der Waals surface area contributed by atoms with Gasteiger partial charge in [-0.3, -0.25) is 4.90 Å². The highest BCUT2D eigenvalue weighted by atomic mass is 15.2. The van der Waals surface area contributed by atoms with E-state index in [0.717, 1.165) is 17.9 Å². The van der Waals surface area contributed by atoms with E-state index in [9.17, 15) is 0 Å². The number of aromatic nitrogens is 1. The van der Waals surface area contributed by atoms with E-state index in [2.05, 4.69) is 41.8 Å². The third-order valence-corrected chi connectivity index (χ3v) is 4.50. The minimum atomic E-state index is 0.742. The highest BCUT2D eigenvalue weighted by Crippen LogP contribution is 2.42. The van der Waals surface area contributed by atoms with Crippen LogP contribution in [0.5, 0.6) is 0 Å². The smallest absolute Gasteiger partial charge is 0.0221 e. The Hall–Kier alpha value is -0.760. The van der Waals surface area contributed by atoms with Crippen molar-refractivity contribution in [1.29, 1.82) is 0 Å². The van der Waals surface area contributed by atoms with Crippen LogP contribution in [0.4, 0.5) is 0 Å². The van der Waals surface area contributed by atoms with E-state index in [1.165, 1.54) is 31.6 Å². The predicted octanol–water partition coefficient (Wildman–Crippen LogP) is 2.22. The van der Waals surface area contributed by atoms with E-state index < -0.39 is 0 Å². The van der Waals surface area contributed by atoms with Crippen LogP contribution in [0, 0.1) is 5.92 Å². The molecule has 0 N–H and O–H groups in total. The Morgan fingerprint density at radius 2 is 2.00 bits per heavy atom. The maximum atomic E-state index is 2.66. The fourth-order valence-electron chi connectivity index (χ4n) is 3.62.